The van der Waals surface area contributed by atoms with Crippen LogP contribution in [0, 0.1) is 6.42 Å². The SMILES string of the molecule is CCOc1ccc(-c2cnc(NC3=C[CH]CC=C3)nc2SC)cc1. The molecule has 123 valence electrons. The minimum Gasteiger partial charge on any atom is -0.494 e. The number of aromatic nitrogens is 2. The number of nitrogens with zero attached hydrogens (tertiary/aromatic N) is 2. The molecule has 1 N–H and O–H groups in total. The maximum absolute atomic E-state index is 5.49. The van der Waals surface area contributed by atoms with Gasteiger partial charge in [0.2, 0.25) is 5.95 Å². The molecule has 2 aromatic rings. The molecule has 1 aliphatic rings. The molecule has 0 saturated carbocycles. The maximum Gasteiger partial charge on any atom is 0.228 e. The van der Waals surface area contributed by atoms with E-state index in [4.69, 9.17) is 4.74 Å². The summed E-state index contributed by atoms with van der Waals surface area (Å²) in [5, 5.41) is 4.19. The van der Waals surface area contributed by atoms with Crippen LogP contribution in [-0.4, -0.2) is 22.8 Å². The number of thioether (sulfide) groups is 1. The van der Waals surface area contributed by atoms with Gasteiger partial charge < -0.3 is 10.1 Å². The van der Waals surface area contributed by atoms with E-state index < -0.39 is 0 Å². The Bertz CT molecular complexity index is 754. The number of anilines is 1. The van der Waals surface area contributed by atoms with E-state index in [0.717, 1.165) is 34.0 Å². The monoisotopic (exact) mass is 338 g/mol. The summed E-state index contributed by atoms with van der Waals surface area (Å²) in [7, 11) is 0. The zero-order valence-electron chi connectivity index (χ0n) is 13.8. The molecule has 0 bridgehead atoms. The Morgan fingerprint density at radius 1 is 1.25 bits per heavy atom. The fraction of sp³-hybridized carbons (Fsp3) is 0.211. The zero-order valence-corrected chi connectivity index (χ0v) is 14.6. The molecule has 1 aliphatic carbocycles. The Morgan fingerprint density at radius 3 is 2.75 bits per heavy atom. The van der Waals surface area contributed by atoms with Gasteiger partial charge in [-0.1, -0.05) is 24.3 Å². The summed E-state index contributed by atoms with van der Waals surface area (Å²) >= 11 is 1.61. The maximum atomic E-state index is 5.49. The molecule has 4 nitrogen and oxygen atoms in total. The van der Waals surface area contributed by atoms with Crippen LogP contribution in [0.4, 0.5) is 5.95 Å². The molecule has 1 aromatic carbocycles. The zero-order chi connectivity index (χ0) is 16.8. The summed E-state index contributed by atoms with van der Waals surface area (Å²) in [6.07, 6.45) is 13.2. The van der Waals surface area contributed by atoms with Gasteiger partial charge >= 0.3 is 0 Å². The van der Waals surface area contributed by atoms with Crippen molar-refractivity contribution >= 4 is 17.7 Å². The number of hydrogen-bond donors (Lipinski definition) is 1. The third-order valence-electron chi connectivity index (χ3n) is 3.55. The van der Waals surface area contributed by atoms with Crippen LogP contribution in [0.15, 0.2) is 59.4 Å². The largest absolute Gasteiger partial charge is 0.494 e. The Hall–Kier alpha value is -2.27. The van der Waals surface area contributed by atoms with Crippen molar-refractivity contribution in [3.05, 3.63) is 60.8 Å². The smallest absolute Gasteiger partial charge is 0.228 e. The van der Waals surface area contributed by atoms with E-state index in [1.165, 1.54) is 0 Å². The molecule has 0 atom stereocenters. The van der Waals surface area contributed by atoms with Crippen molar-refractivity contribution < 1.29 is 4.74 Å². The van der Waals surface area contributed by atoms with Crippen LogP contribution in [-0.2, 0) is 0 Å². The highest BCUT2D eigenvalue weighted by Gasteiger charge is 2.10. The van der Waals surface area contributed by atoms with Crippen LogP contribution < -0.4 is 10.1 Å². The highest BCUT2D eigenvalue weighted by atomic mass is 32.2. The van der Waals surface area contributed by atoms with E-state index in [-0.39, 0.29) is 0 Å². The van der Waals surface area contributed by atoms with E-state index in [1.54, 1.807) is 11.8 Å². The molecular formula is C19H20N3OS. The molecule has 0 aliphatic heterocycles. The van der Waals surface area contributed by atoms with Crippen LogP contribution >= 0.6 is 11.8 Å². The van der Waals surface area contributed by atoms with Crippen LogP contribution in [0.3, 0.4) is 0 Å². The van der Waals surface area contributed by atoms with Gasteiger partial charge in [-0.2, -0.15) is 0 Å². The molecule has 5 heteroatoms. The van der Waals surface area contributed by atoms with Crippen molar-refractivity contribution in [2.75, 3.05) is 18.2 Å². The Balaban J connectivity index is 1.83. The lowest BCUT2D eigenvalue weighted by Crippen LogP contribution is -2.04. The second-order valence-electron chi connectivity index (χ2n) is 5.19. The second-order valence-corrected chi connectivity index (χ2v) is 5.99. The Morgan fingerprint density at radius 2 is 2.08 bits per heavy atom. The number of hydrogen-bond acceptors (Lipinski definition) is 5. The lowest BCUT2D eigenvalue weighted by Gasteiger charge is -2.12. The number of ether oxygens (including phenoxy) is 1. The first-order chi connectivity index (χ1) is 11.8. The summed E-state index contributed by atoms with van der Waals surface area (Å²) < 4.78 is 5.49. The molecule has 1 heterocycles. The molecule has 1 aromatic heterocycles. The molecule has 0 amide bonds. The molecule has 3 rings (SSSR count). The number of rotatable bonds is 6. The molecule has 0 unspecified atom stereocenters. The average molecular weight is 338 g/mol. The van der Waals surface area contributed by atoms with Gasteiger partial charge in [-0.05, 0) is 49.8 Å². The van der Waals surface area contributed by atoms with Crippen molar-refractivity contribution in [3.8, 4) is 16.9 Å². The highest BCUT2D eigenvalue weighted by molar-refractivity contribution is 7.98. The van der Waals surface area contributed by atoms with Crippen molar-refractivity contribution in [1.29, 1.82) is 0 Å². The third-order valence-corrected chi connectivity index (χ3v) is 4.24. The van der Waals surface area contributed by atoms with Crippen LogP contribution in [0.1, 0.15) is 13.3 Å². The van der Waals surface area contributed by atoms with Gasteiger partial charge in [-0.3, -0.25) is 0 Å². The first-order valence-corrected chi connectivity index (χ1v) is 9.14. The lowest BCUT2D eigenvalue weighted by molar-refractivity contribution is 0.340. The number of allylic oxidation sites excluding steroid dienone is 3. The van der Waals surface area contributed by atoms with E-state index in [1.807, 2.05) is 55.8 Å². The van der Waals surface area contributed by atoms with Gasteiger partial charge in [-0.15, -0.1) is 11.8 Å². The number of nitrogens with one attached hydrogen (secondary N) is 1. The standard InChI is InChI=1S/C19H20N3OS/c1-3-23-16-11-9-14(10-12-16)17-13-20-19(22-18(17)24-2)21-15-7-5-4-6-8-15/h5-13H,3-4H2,1-2H3,(H,20,21,22). The number of benzene rings is 1. The van der Waals surface area contributed by atoms with Gasteiger partial charge in [0.25, 0.3) is 0 Å². The minimum absolute atomic E-state index is 0.611. The van der Waals surface area contributed by atoms with Crippen LogP contribution in [0.5, 0.6) is 5.75 Å². The third kappa shape index (κ3) is 3.97. The molecule has 24 heavy (non-hydrogen) atoms. The lowest BCUT2D eigenvalue weighted by atomic mass is 10.1. The fourth-order valence-corrected chi connectivity index (χ4v) is 2.98. The van der Waals surface area contributed by atoms with E-state index >= 15 is 0 Å². The minimum atomic E-state index is 0.611. The van der Waals surface area contributed by atoms with E-state index in [0.29, 0.717) is 12.6 Å². The van der Waals surface area contributed by atoms with Gasteiger partial charge in [0.1, 0.15) is 10.8 Å². The van der Waals surface area contributed by atoms with Crippen molar-refractivity contribution in [3.63, 3.8) is 0 Å². The van der Waals surface area contributed by atoms with E-state index in [2.05, 4.69) is 27.8 Å². The van der Waals surface area contributed by atoms with Crippen molar-refractivity contribution in [2.24, 2.45) is 0 Å². The van der Waals surface area contributed by atoms with Crippen molar-refractivity contribution in [2.45, 2.75) is 18.4 Å². The summed E-state index contributed by atoms with van der Waals surface area (Å²) in [6, 6.07) is 8.03. The molecule has 0 fully saturated rings. The molecule has 1 radical (unpaired) electrons. The topological polar surface area (TPSA) is 47.0 Å². The summed E-state index contributed by atoms with van der Waals surface area (Å²) in [5.41, 5.74) is 3.11. The second kappa shape index (κ2) is 8.02. The molecule has 0 spiro atoms. The first kappa shape index (κ1) is 16.6. The van der Waals surface area contributed by atoms with Crippen LogP contribution in [0.2, 0.25) is 0 Å². The quantitative estimate of drug-likeness (QED) is 0.610. The normalized spacial score (nSPS) is 13.5. The Kier molecular flexibility index (Phi) is 5.54. The summed E-state index contributed by atoms with van der Waals surface area (Å²) in [4.78, 5) is 9.10. The van der Waals surface area contributed by atoms with Crippen LogP contribution in [0.25, 0.3) is 11.1 Å². The van der Waals surface area contributed by atoms with Crippen molar-refractivity contribution in [1.82, 2.24) is 9.97 Å². The van der Waals surface area contributed by atoms with Gasteiger partial charge in [0.05, 0.1) is 6.61 Å². The molecular weight excluding hydrogens is 318 g/mol. The Labute approximate surface area is 147 Å². The summed E-state index contributed by atoms with van der Waals surface area (Å²) in [6.45, 7) is 2.65. The van der Waals surface area contributed by atoms with Gasteiger partial charge in [0.15, 0.2) is 0 Å². The highest BCUT2D eigenvalue weighted by Crippen LogP contribution is 2.30. The average Bonchev–Trinajstić information content (AvgIpc) is 2.63. The molecule has 0 saturated heterocycles. The van der Waals surface area contributed by atoms with Gasteiger partial charge in [0, 0.05) is 17.5 Å². The fourth-order valence-electron chi connectivity index (χ4n) is 2.41. The predicted octanol–water partition coefficient (Wildman–Crippen LogP) is 4.72. The van der Waals surface area contributed by atoms with E-state index in [9.17, 15) is 0 Å². The predicted molar refractivity (Wildman–Crippen MR) is 100 cm³/mol. The van der Waals surface area contributed by atoms with Gasteiger partial charge in [-0.25, -0.2) is 9.97 Å². The summed E-state index contributed by atoms with van der Waals surface area (Å²) in [5.74, 6) is 1.48. The first-order valence-electron chi connectivity index (χ1n) is 7.91.